The zero-order valence-corrected chi connectivity index (χ0v) is 24.2. The number of hydrogen-bond acceptors (Lipinski definition) is 6. The first-order valence-corrected chi connectivity index (χ1v) is 15.1. The zero-order valence-electron chi connectivity index (χ0n) is 22.6. The van der Waals surface area contributed by atoms with Gasteiger partial charge >= 0.3 is 5.97 Å². The van der Waals surface area contributed by atoms with E-state index in [0.29, 0.717) is 28.4 Å². The lowest BCUT2D eigenvalue weighted by molar-refractivity contribution is -0.175. The molecule has 4 aromatic rings. The van der Waals surface area contributed by atoms with Gasteiger partial charge in [-0.3, -0.25) is 13.9 Å². The number of para-hydroxylation sites is 1. The van der Waals surface area contributed by atoms with Crippen LogP contribution >= 0.6 is 11.6 Å². The van der Waals surface area contributed by atoms with Gasteiger partial charge in [-0.25, -0.2) is 8.42 Å². The summed E-state index contributed by atoms with van der Waals surface area (Å²) in [4.78, 5) is 20.9. The Hall–Kier alpha value is -3.69. The molecular weight excluding hydrogens is 560 g/mol. The Morgan fingerprint density at radius 1 is 0.927 bits per heavy atom. The fraction of sp³-hybridized carbons (Fsp3) is 0.219. The van der Waals surface area contributed by atoms with Crippen LogP contribution in [-0.4, -0.2) is 33.1 Å². The molecule has 0 unspecified atom stereocenters. The molecule has 9 heteroatoms. The van der Waals surface area contributed by atoms with Crippen LogP contribution in [0.5, 0.6) is 0 Å². The Morgan fingerprint density at radius 3 is 2.24 bits per heavy atom. The van der Waals surface area contributed by atoms with Gasteiger partial charge in [0, 0.05) is 17.1 Å². The van der Waals surface area contributed by atoms with Crippen LogP contribution in [0.2, 0.25) is 5.02 Å². The Balaban J connectivity index is 1.60. The minimum absolute atomic E-state index is 0.130. The number of methoxy groups -OCH3 is 1. The standard InChI is InChI=1S/C32H29ClN2O5S/c1-22-16-18-24(19-17-22)41(37,38)35-21-32(31(36)39-2)29(26-13-7-9-15-28(26)35)34(20-23-10-4-3-5-11-23)40-30(32)25-12-6-8-14-27(25)33/h3-19,29-30H,20-21H2,1-2H3/t29-,30+,32-/m1/s1. The van der Waals surface area contributed by atoms with Crippen LogP contribution in [0.3, 0.4) is 0 Å². The van der Waals surface area contributed by atoms with E-state index in [4.69, 9.17) is 21.2 Å². The van der Waals surface area contributed by atoms with Crippen molar-refractivity contribution < 1.29 is 22.8 Å². The van der Waals surface area contributed by atoms with Gasteiger partial charge in [-0.15, -0.1) is 0 Å². The van der Waals surface area contributed by atoms with Crippen LogP contribution in [0.25, 0.3) is 0 Å². The van der Waals surface area contributed by atoms with Crippen molar-refractivity contribution in [1.29, 1.82) is 0 Å². The van der Waals surface area contributed by atoms with Gasteiger partial charge in [-0.1, -0.05) is 96.0 Å². The molecule has 0 radical (unpaired) electrons. The third kappa shape index (κ3) is 4.51. The van der Waals surface area contributed by atoms with E-state index < -0.39 is 33.6 Å². The number of esters is 1. The average molecular weight is 589 g/mol. The van der Waals surface area contributed by atoms with Crippen LogP contribution in [0.15, 0.2) is 108 Å². The molecule has 4 aromatic carbocycles. The quantitative estimate of drug-likeness (QED) is 0.248. The molecule has 7 nitrogen and oxygen atoms in total. The van der Waals surface area contributed by atoms with Gasteiger partial charge < -0.3 is 4.74 Å². The average Bonchev–Trinajstić information content (AvgIpc) is 3.32. The largest absolute Gasteiger partial charge is 0.468 e. The maximum atomic E-state index is 14.3. The van der Waals surface area contributed by atoms with Crippen LogP contribution in [0.1, 0.15) is 34.4 Å². The molecule has 2 aliphatic rings. The van der Waals surface area contributed by atoms with Crippen molar-refractivity contribution in [3.8, 4) is 0 Å². The predicted octanol–water partition coefficient (Wildman–Crippen LogP) is 6.25. The number of anilines is 1. The summed E-state index contributed by atoms with van der Waals surface area (Å²) < 4.78 is 35.3. The molecule has 41 heavy (non-hydrogen) atoms. The van der Waals surface area contributed by atoms with Crippen molar-refractivity contribution in [2.24, 2.45) is 5.41 Å². The van der Waals surface area contributed by atoms with Gasteiger partial charge in [0.05, 0.1) is 30.3 Å². The van der Waals surface area contributed by atoms with Crippen molar-refractivity contribution in [3.63, 3.8) is 0 Å². The summed E-state index contributed by atoms with van der Waals surface area (Å²) in [6.45, 7) is 2.04. The fourth-order valence-electron chi connectivity index (χ4n) is 6.00. The molecule has 1 fully saturated rings. The number of rotatable bonds is 6. The number of fused-ring (bicyclic) bond motifs is 3. The summed E-state index contributed by atoms with van der Waals surface area (Å²) in [5.74, 6) is -0.582. The van der Waals surface area contributed by atoms with Gasteiger partial charge in [-0.05, 0) is 42.3 Å². The molecule has 0 aliphatic carbocycles. The minimum Gasteiger partial charge on any atom is -0.468 e. The molecule has 0 N–H and O–H groups in total. The highest BCUT2D eigenvalue weighted by molar-refractivity contribution is 7.92. The van der Waals surface area contributed by atoms with E-state index in [1.807, 2.05) is 55.5 Å². The van der Waals surface area contributed by atoms with Gasteiger partial charge in [0.2, 0.25) is 0 Å². The molecule has 0 spiro atoms. The summed E-state index contributed by atoms with van der Waals surface area (Å²) in [5, 5.41) is 2.18. The first-order chi connectivity index (χ1) is 19.8. The fourth-order valence-corrected chi connectivity index (χ4v) is 7.78. The number of sulfonamides is 1. The SMILES string of the molecule is COC(=O)[C@]12CN(S(=O)(=O)c3ccc(C)cc3)c3ccccc3[C@H]1N(Cc1ccccc1)O[C@H]2c1ccccc1Cl. The molecule has 0 saturated carbocycles. The minimum atomic E-state index is -4.08. The van der Waals surface area contributed by atoms with E-state index in [0.717, 1.165) is 11.1 Å². The smallest absolute Gasteiger partial charge is 0.318 e. The zero-order chi connectivity index (χ0) is 28.8. The molecule has 3 atom stereocenters. The first-order valence-electron chi connectivity index (χ1n) is 13.3. The summed E-state index contributed by atoms with van der Waals surface area (Å²) in [6, 6.07) is 30.2. The van der Waals surface area contributed by atoms with E-state index in [1.165, 1.54) is 11.4 Å². The maximum absolute atomic E-state index is 14.3. The van der Waals surface area contributed by atoms with E-state index in [9.17, 15) is 13.2 Å². The summed E-state index contributed by atoms with van der Waals surface area (Å²) >= 11 is 6.71. The Kier molecular flexibility index (Phi) is 7.11. The molecule has 0 bridgehead atoms. The van der Waals surface area contributed by atoms with E-state index in [2.05, 4.69) is 0 Å². The van der Waals surface area contributed by atoms with Gasteiger partial charge in [0.15, 0.2) is 0 Å². The number of carbonyl (C=O) groups is 1. The predicted molar refractivity (Wildman–Crippen MR) is 157 cm³/mol. The summed E-state index contributed by atoms with van der Waals surface area (Å²) in [7, 11) is -2.77. The van der Waals surface area contributed by atoms with Crippen LogP contribution in [-0.2, 0) is 30.9 Å². The van der Waals surface area contributed by atoms with E-state index >= 15 is 0 Å². The van der Waals surface area contributed by atoms with Crippen molar-refractivity contribution in [1.82, 2.24) is 5.06 Å². The van der Waals surface area contributed by atoms with Crippen molar-refractivity contribution in [3.05, 3.63) is 130 Å². The van der Waals surface area contributed by atoms with Crippen LogP contribution in [0.4, 0.5) is 5.69 Å². The third-order valence-electron chi connectivity index (χ3n) is 7.93. The Labute approximate surface area is 244 Å². The number of nitrogens with zero attached hydrogens (tertiary/aromatic N) is 2. The van der Waals surface area contributed by atoms with Crippen LogP contribution < -0.4 is 4.31 Å². The van der Waals surface area contributed by atoms with Gasteiger partial charge in [-0.2, -0.15) is 5.06 Å². The van der Waals surface area contributed by atoms with Gasteiger partial charge in [0.1, 0.15) is 11.5 Å². The first kappa shape index (κ1) is 27.5. The maximum Gasteiger partial charge on any atom is 0.318 e. The third-order valence-corrected chi connectivity index (χ3v) is 10.1. The number of benzene rings is 4. The highest BCUT2D eigenvalue weighted by Gasteiger charge is 2.67. The van der Waals surface area contributed by atoms with Crippen LogP contribution in [0, 0.1) is 12.3 Å². The normalized spacial score (nSPS) is 22.2. The Bertz CT molecular complexity index is 1700. The lowest BCUT2D eigenvalue weighted by atomic mass is 9.69. The lowest BCUT2D eigenvalue weighted by Gasteiger charge is -2.45. The monoisotopic (exact) mass is 588 g/mol. The van der Waals surface area contributed by atoms with E-state index in [-0.39, 0.29) is 11.4 Å². The second-order valence-corrected chi connectivity index (χ2v) is 12.7. The van der Waals surface area contributed by atoms with Crippen molar-refractivity contribution >= 4 is 33.3 Å². The molecule has 0 amide bonds. The highest BCUT2D eigenvalue weighted by Crippen LogP contribution is 2.62. The van der Waals surface area contributed by atoms with Gasteiger partial charge in [0.25, 0.3) is 10.0 Å². The molecule has 210 valence electrons. The number of carbonyl (C=O) groups excluding carboxylic acids is 1. The summed E-state index contributed by atoms with van der Waals surface area (Å²) in [6.07, 6.45) is -0.929. The lowest BCUT2D eigenvalue weighted by Crippen LogP contribution is -2.55. The van der Waals surface area contributed by atoms with Crippen molar-refractivity contribution in [2.45, 2.75) is 30.5 Å². The number of ether oxygens (including phenoxy) is 1. The number of aryl methyl sites for hydroxylation is 1. The van der Waals surface area contributed by atoms with Crippen molar-refractivity contribution in [2.75, 3.05) is 18.0 Å². The number of hydrogen-bond donors (Lipinski definition) is 0. The number of hydroxylamine groups is 2. The highest BCUT2D eigenvalue weighted by atomic mass is 35.5. The molecule has 0 aromatic heterocycles. The second-order valence-electron chi connectivity index (χ2n) is 10.4. The molecule has 1 saturated heterocycles. The molecular formula is C32H29ClN2O5S. The second kappa shape index (κ2) is 10.6. The van der Waals surface area contributed by atoms with E-state index in [1.54, 1.807) is 59.7 Å². The molecule has 2 aliphatic heterocycles. The summed E-state index contributed by atoms with van der Waals surface area (Å²) in [5.41, 5.74) is 2.13. The topological polar surface area (TPSA) is 76.2 Å². The molecule has 6 rings (SSSR count). The molecule has 2 heterocycles. The number of halogens is 1. The Morgan fingerprint density at radius 2 is 1.56 bits per heavy atom.